The molecule has 12 heavy (non-hydrogen) atoms. The second-order valence-corrected chi connectivity index (χ2v) is 3.01. The number of amidine groups is 1. The van der Waals surface area contributed by atoms with Gasteiger partial charge in [-0.25, -0.2) is 4.79 Å². The molecule has 0 spiro atoms. The van der Waals surface area contributed by atoms with Crippen molar-refractivity contribution in [3.05, 3.63) is 0 Å². The van der Waals surface area contributed by atoms with E-state index in [9.17, 15) is 9.59 Å². The number of carbonyl (C=O) groups excluding carboxylic acids is 2. The van der Waals surface area contributed by atoms with Gasteiger partial charge in [0.15, 0.2) is 5.17 Å². The molecule has 0 aromatic heterocycles. The maximum atomic E-state index is 10.7. The van der Waals surface area contributed by atoms with E-state index in [0.29, 0.717) is 5.75 Å². The van der Waals surface area contributed by atoms with Gasteiger partial charge in [0.05, 0.1) is 0 Å². The molecule has 0 aromatic rings. The van der Waals surface area contributed by atoms with E-state index in [0.717, 1.165) is 11.8 Å². The van der Waals surface area contributed by atoms with Gasteiger partial charge in [0.25, 0.3) is 0 Å². The number of carbonyl (C=O) groups is 2. The molecule has 0 saturated heterocycles. The number of rotatable bonds is 3. The average molecular weight is 190 g/mol. The molecule has 0 unspecified atom stereocenters. The van der Waals surface area contributed by atoms with Gasteiger partial charge < -0.3 is 11.5 Å². The molecule has 0 atom stereocenters. The van der Waals surface area contributed by atoms with Crippen molar-refractivity contribution < 1.29 is 9.59 Å². The van der Waals surface area contributed by atoms with E-state index in [1.807, 2.05) is 5.32 Å². The number of hydrogen-bond donors (Lipinski definition) is 4. The van der Waals surface area contributed by atoms with Gasteiger partial charge in [-0.3, -0.25) is 15.5 Å². The summed E-state index contributed by atoms with van der Waals surface area (Å²) in [6, 6.07) is -0.868. The standard InChI is InChI=1S/C5H10N4O2S/c6-4(7)12-2-1-3(10)9-5(8)11/h1-2H2,(H3,6,7)(H3,8,9,10,11). The summed E-state index contributed by atoms with van der Waals surface area (Å²) >= 11 is 1.03. The summed E-state index contributed by atoms with van der Waals surface area (Å²) in [4.78, 5) is 20.8. The van der Waals surface area contributed by atoms with E-state index in [4.69, 9.17) is 11.1 Å². The van der Waals surface area contributed by atoms with Crippen molar-refractivity contribution in [1.29, 1.82) is 5.41 Å². The molecule has 68 valence electrons. The van der Waals surface area contributed by atoms with Crippen LogP contribution in [0.15, 0.2) is 0 Å². The fraction of sp³-hybridized carbons (Fsp3) is 0.400. The van der Waals surface area contributed by atoms with Crippen molar-refractivity contribution in [2.24, 2.45) is 11.5 Å². The third-order valence-electron chi connectivity index (χ3n) is 0.849. The molecule has 0 heterocycles. The zero-order valence-electron chi connectivity index (χ0n) is 6.29. The minimum Gasteiger partial charge on any atom is -0.379 e. The Morgan fingerprint density at radius 3 is 2.42 bits per heavy atom. The summed E-state index contributed by atoms with van der Waals surface area (Å²) in [7, 11) is 0. The van der Waals surface area contributed by atoms with Crippen molar-refractivity contribution in [2.75, 3.05) is 5.75 Å². The third kappa shape index (κ3) is 6.87. The fourth-order valence-corrected chi connectivity index (χ4v) is 0.961. The zero-order chi connectivity index (χ0) is 9.56. The zero-order valence-corrected chi connectivity index (χ0v) is 7.11. The highest BCUT2D eigenvalue weighted by atomic mass is 32.2. The maximum Gasteiger partial charge on any atom is 0.318 e. The second kappa shape index (κ2) is 5.42. The van der Waals surface area contributed by atoms with Crippen LogP contribution in [-0.4, -0.2) is 22.9 Å². The van der Waals surface area contributed by atoms with Gasteiger partial charge in [0.1, 0.15) is 0 Å². The molecule has 7 heteroatoms. The lowest BCUT2D eigenvalue weighted by Gasteiger charge is -1.99. The maximum absolute atomic E-state index is 10.7. The van der Waals surface area contributed by atoms with Crippen molar-refractivity contribution in [2.45, 2.75) is 6.42 Å². The lowest BCUT2D eigenvalue weighted by molar-refractivity contribution is -0.119. The molecular weight excluding hydrogens is 180 g/mol. The number of urea groups is 1. The number of nitrogens with one attached hydrogen (secondary N) is 2. The molecule has 6 N–H and O–H groups in total. The van der Waals surface area contributed by atoms with E-state index in [1.54, 1.807) is 0 Å². The Morgan fingerprint density at radius 1 is 1.42 bits per heavy atom. The van der Waals surface area contributed by atoms with E-state index >= 15 is 0 Å². The minimum atomic E-state index is -0.868. The molecule has 0 aromatic carbocycles. The normalized spacial score (nSPS) is 9.00. The monoisotopic (exact) mass is 190 g/mol. The topological polar surface area (TPSA) is 122 Å². The number of amides is 3. The first kappa shape index (κ1) is 10.8. The van der Waals surface area contributed by atoms with Gasteiger partial charge in [-0.2, -0.15) is 0 Å². The highest BCUT2D eigenvalue weighted by molar-refractivity contribution is 8.13. The van der Waals surface area contributed by atoms with Gasteiger partial charge in [-0.15, -0.1) is 0 Å². The molecule has 0 radical (unpaired) electrons. The summed E-state index contributed by atoms with van der Waals surface area (Å²) in [6.07, 6.45) is 0.118. The van der Waals surface area contributed by atoms with Gasteiger partial charge in [-0.1, -0.05) is 11.8 Å². The van der Waals surface area contributed by atoms with Gasteiger partial charge in [0.2, 0.25) is 5.91 Å². The summed E-state index contributed by atoms with van der Waals surface area (Å²) in [5.41, 5.74) is 9.68. The van der Waals surface area contributed by atoms with Crippen LogP contribution in [0.1, 0.15) is 6.42 Å². The smallest absolute Gasteiger partial charge is 0.318 e. The van der Waals surface area contributed by atoms with Crippen LogP contribution in [0.3, 0.4) is 0 Å². The first-order valence-electron chi connectivity index (χ1n) is 3.08. The van der Waals surface area contributed by atoms with Crippen LogP contribution < -0.4 is 16.8 Å². The lowest BCUT2D eigenvalue weighted by atomic mass is 10.4. The first-order chi connectivity index (χ1) is 5.52. The summed E-state index contributed by atoms with van der Waals surface area (Å²) in [5, 5.41) is 8.64. The van der Waals surface area contributed by atoms with Crippen molar-refractivity contribution >= 4 is 28.9 Å². The quantitative estimate of drug-likeness (QED) is 0.343. The van der Waals surface area contributed by atoms with Gasteiger partial charge >= 0.3 is 6.03 Å². The Hall–Kier alpha value is -1.24. The predicted molar refractivity (Wildman–Crippen MR) is 46.7 cm³/mol. The SMILES string of the molecule is N=C(N)SCCC(=O)NC(N)=O. The highest BCUT2D eigenvalue weighted by Gasteiger charge is 2.03. The summed E-state index contributed by atoms with van der Waals surface area (Å²) < 4.78 is 0. The molecular formula is C5H10N4O2S. The van der Waals surface area contributed by atoms with Gasteiger partial charge in [0, 0.05) is 12.2 Å². The van der Waals surface area contributed by atoms with Crippen LogP contribution in [0.5, 0.6) is 0 Å². The molecule has 0 aliphatic heterocycles. The Labute approximate surface area is 73.6 Å². The molecule has 0 bridgehead atoms. The van der Waals surface area contributed by atoms with E-state index in [-0.39, 0.29) is 11.6 Å². The van der Waals surface area contributed by atoms with Crippen LogP contribution in [0.25, 0.3) is 0 Å². The number of nitrogens with two attached hydrogens (primary N) is 2. The van der Waals surface area contributed by atoms with Crippen LogP contribution in [0.2, 0.25) is 0 Å². The highest BCUT2D eigenvalue weighted by Crippen LogP contribution is 1.99. The second-order valence-electron chi connectivity index (χ2n) is 1.88. The van der Waals surface area contributed by atoms with Crippen molar-refractivity contribution in [1.82, 2.24) is 5.32 Å². The van der Waals surface area contributed by atoms with Crippen LogP contribution in [0.4, 0.5) is 4.79 Å². The largest absolute Gasteiger partial charge is 0.379 e. The van der Waals surface area contributed by atoms with E-state index < -0.39 is 11.9 Å². The van der Waals surface area contributed by atoms with Crippen LogP contribution in [0, 0.1) is 5.41 Å². The number of primary amides is 1. The molecule has 3 amide bonds. The average Bonchev–Trinajstić information content (AvgIpc) is 1.84. The van der Waals surface area contributed by atoms with Crippen molar-refractivity contribution in [3.8, 4) is 0 Å². The molecule has 6 nitrogen and oxygen atoms in total. The van der Waals surface area contributed by atoms with E-state index in [1.165, 1.54) is 0 Å². The molecule has 0 saturated carbocycles. The van der Waals surface area contributed by atoms with Gasteiger partial charge in [-0.05, 0) is 0 Å². The Kier molecular flexibility index (Phi) is 4.86. The molecule has 0 rings (SSSR count). The lowest BCUT2D eigenvalue weighted by Crippen LogP contribution is -2.35. The number of thioether (sulfide) groups is 1. The first-order valence-corrected chi connectivity index (χ1v) is 4.07. The minimum absolute atomic E-state index is 0.0538. The molecule has 0 aliphatic rings. The summed E-state index contributed by atoms with van der Waals surface area (Å²) in [5.74, 6) is -0.0923. The number of hydrogen-bond acceptors (Lipinski definition) is 4. The predicted octanol–water partition coefficient (Wildman–Crippen LogP) is -0.802. The molecule has 0 aliphatic carbocycles. The summed E-state index contributed by atoms with van der Waals surface area (Å²) in [6.45, 7) is 0. The number of imide groups is 1. The van der Waals surface area contributed by atoms with Crippen LogP contribution >= 0.6 is 11.8 Å². The van der Waals surface area contributed by atoms with E-state index in [2.05, 4.69) is 5.73 Å². The molecule has 0 fully saturated rings. The Morgan fingerprint density at radius 2 is 2.00 bits per heavy atom. The van der Waals surface area contributed by atoms with Crippen molar-refractivity contribution in [3.63, 3.8) is 0 Å². The Balaban J connectivity index is 3.44. The Bertz CT molecular complexity index is 206. The van der Waals surface area contributed by atoms with Crippen LogP contribution in [-0.2, 0) is 4.79 Å². The fourth-order valence-electron chi connectivity index (χ4n) is 0.454. The third-order valence-corrected chi connectivity index (χ3v) is 1.57.